The van der Waals surface area contributed by atoms with Crippen molar-refractivity contribution in [1.29, 1.82) is 0 Å². The van der Waals surface area contributed by atoms with Crippen LogP contribution >= 0.6 is 0 Å². The molecule has 5 nitrogen and oxygen atoms in total. The van der Waals surface area contributed by atoms with Gasteiger partial charge in [0.05, 0.1) is 12.3 Å². The average molecular weight is 381 g/mol. The molecule has 0 radical (unpaired) electrons. The molecule has 146 valence electrons. The first-order chi connectivity index (χ1) is 12.9. The van der Waals surface area contributed by atoms with E-state index < -0.39 is 11.7 Å². The Balaban J connectivity index is 2.00. The van der Waals surface area contributed by atoms with Crippen LogP contribution in [0, 0.1) is 0 Å². The highest BCUT2D eigenvalue weighted by atomic mass is 19.4. The monoisotopic (exact) mass is 381 g/mol. The largest absolute Gasteiger partial charge is 0.492 e. The van der Waals surface area contributed by atoms with E-state index in [1.165, 1.54) is 11.9 Å². The van der Waals surface area contributed by atoms with Gasteiger partial charge in [-0.05, 0) is 44.7 Å². The van der Waals surface area contributed by atoms with Gasteiger partial charge >= 0.3 is 12.2 Å². The van der Waals surface area contributed by atoms with Crippen molar-refractivity contribution in [3.63, 3.8) is 0 Å². The zero-order valence-electron chi connectivity index (χ0n) is 15.3. The highest BCUT2D eigenvalue weighted by molar-refractivity contribution is 5.68. The van der Waals surface area contributed by atoms with Crippen molar-refractivity contribution in [3.8, 4) is 11.8 Å². The van der Waals surface area contributed by atoms with Crippen molar-refractivity contribution in [2.24, 2.45) is 0 Å². The van der Waals surface area contributed by atoms with Gasteiger partial charge in [0.1, 0.15) is 17.4 Å². The third-order valence-corrected chi connectivity index (χ3v) is 4.47. The summed E-state index contributed by atoms with van der Waals surface area (Å²) in [5, 5.41) is 0. The Kier molecular flexibility index (Phi) is 5.72. The molecule has 8 heteroatoms. The fraction of sp³-hybridized carbons (Fsp3) is 0.474. The van der Waals surface area contributed by atoms with Crippen LogP contribution < -0.4 is 14.4 Å². The molecule has 1 aliphatic rings. The number of nitrogens with zero attached hydrogens (tertiary/aromatic N) is 3. The van der Waals surface area contributed by atoms with Crippen LogP contribution in [0.15, 0.2) is 30.5 Å². The van der Waals surface area contributed by atoms with Gasteiger partial charge in [0.25, 0.3) is 0 Å². The lowest BCUT2D eigenvalue weighted by Crippen LogP contribution is -2.21. The van der Waals surface area contributed by atoms with Crippen molar-refractivity contribution in [2.45, 2.75) is 44.9 Å². The number of benzene rings is 1. The van der Waals surface area contributed by atoms with Crippen LogP contribution in [0.2, 0.25) is 0 Å². The van der Waals surface area contributed by atoms with Crippen molar-refractivity contribution in [3.05, 3.63) is 36.0 Å². The standard InChI is InChI=1S/C19H22F3N3O2/c1-3-26-16-11-7-6-10-15(16)25(2)17-14(19(20,21)22)12-23-18(24-17)27-13-8-4-5-9-13/h6-7,10-13H,3-5,8-9H2,1-2H3. The maximum atomic E-state index is 13.5. The summed E-state index contributed by atoms with van der Waals surface area (Å²) in [6.07, 6.45) is -0.0383. The molecule has 3 rings (SSSR count). The summed E-state index contributed by atoms with van der Waals surface area (Å²) in [5.41, 5.74) is -0.439. The SMILES string of the molecule is CCOc1ccccc1N(C)c1nc(OC2CCCC2)ncc1C(F)(F)F. The van der Waals surface area contributed by atoms with Gasteiger partial charge in [-0.25, -0.2) is 4.98 Å². The minimum Gasteiger partial charge on any atom is -0.492 e. The molecule has 1 aromatic heterocycles. The molecule has 0 bridgehead atoms. The van der Waals surface area contributed by atoms with E-state index in [4.69, 9.17) is 9.47 Å². The van der Waals surface area contributed by atoms with Crippen molar-refractivity contribution >= 4 is 11.5 Å². The molecule has 1 heterocycles. The van der Waals surface area contributed by atoms with Gasteiger partial charge in [-0.2, -0.15) is 18.2 Å². The number of halogens is 3. The van der Waals surface area contributed by atoms with Crippen LogP contribution in [0.1, 0.15) is 38.2 Å². The maximum absolute atomic E-state index is 13.5. The lowest BCUT2D eigenvalue weighted by atomic mass is 10.2. The highest BCUT2D eigenvalue weighted by Gasteiger charge is 2.37. The van der Waals surface area contributed by atoms with E-state index >= 15 is 0 Å². The number of para-hydroxylation sites is 2. The van der Waals surface area contributed by atoms with Gasteiger partial charge in [0.15, 0.2) is 5.82 Å². The van der Waals surface area contributed by atoms with Gasteiger partial charge in [-0.1, -0.05) is 12.1 Å². The third-order valence-electron chi connectivity index (χ3n) is 4.47. The van der Waals surface area contributed by atoms with Gasteiger partial charge in [0, 0.05) is 13.2 Å². The molecule has 1 aliphatic carbocycles. The average Bonchev–Trinajstić information content (AvgIpc) is 3.14. The van der Waals surface area contributed by atoms with E-state index in [0.717, 1.165) is 31.9 Å². The van der Waals surface area contributed by atoms with Crippen molar-refractivity contribution in [1.82, 2.24) is 9.97 Å². The molecule has 1 aromatic carbocycles. The first kappa shape index (κ1) is 19.3. The van der Waals surface area contributed by atoms with E-state index in [1.807, 2.05) is 6.92 Å². The predicted molar refractivity (Wildman–Crippen MR) is 95.6 cm³/mol. The number of alkyl halides is 3. The first-order valence-corrected chi connectivity index (χ1v) is 8.96. The molecule has 0 N–H and O–H groups in total. The fourth-order valence-electron chi connectivity index (χ4n) is 3.15. The number of aromatic nitrogens is 2. The summed E-state index contributed by atoms with van der Waals surface area (Å²) in [4.78, 5) is 9.25. The van der Waals surface area contributed by atoms with Crippen LogP contribution in [0.25, 0.3) is 0 Å². The molecular weight excluding hydrogens is 359 g/mol. The van der Waals surface area contributed by atoms with Crippen LogP contribution in [0.4, 0.5) is 24.7 Å². The summed E-state index contributed by atoms with van der Waals surface area (Å²) < 4.78 is 51.8. The molecule has 1 fully saturated rings. The molecule has 0 aliphatic heterocycles. The topological polar surface area (TPSA) is 47.5 Å². The van der Waals surface area contributed by atoms with Gasteiger partial charge in [-0.3, -0.25) is 0 Å². The summed E-state index contributed by atoms with van der Waals surface area (Å²) in [6.45, 7) is 2.22. The minimum atomic E-state index is -4.59. The molecule has 0 spiro atoms. The lowest BCUT2D eigenvalue weighted by Gasteiger charge is -2.24. The van der Waals surface area contributed by atoms with Gasteiger partial charge in [0.2, 0.25) is 0 Å². The molecule has 27 heavy (non-hydrogen) atoms. The number of hydrogen-bond acceptors (Lipinski definition) is 5. The Morgan fingerprint density at radius 1 is 1.19 bits per heavy atom. The maximum Gasteiger partial charge on any atom is 0.421 e. The molecule has 1 saturated carbocycles. The van der Waals surface area contributed by atoms with E-state index in [1.54, 1.807) is 24.3 Å². The summed E-state index contributed by atoms with van der Waals surface area (Å²) in [5.74, 6) is 0.213. The smallest absolute Gasteiger partial charge is 0.421 e. The first-order valence-electron chi connectivity index (χ1n) is 8.96. The third kappa shape index (κ3) is 4.43. The zero-order valence-corrected chi connectivity index (χ0v) is 15.3. The van der Waals surface area contributed by atoms with Crippen molar-refractivity contribution in [2.75, 3.05) is 18.6 Å². The number of rotatable bonds is 6. The summed E-state index contributed by atoms with van der Waals surface area (Å²) in [7, 11) is 1.52. The number of anilines is 2. The van der Waals surface area contributed by atoms with Crippen LogP contribution in [0.3, 0.4) is 0 Å². The van der Waals surface area contributed by atoms with Crippen LogP contribution in [-0.4, -0.2) is 29.7 Å². The molecule has 0 unspecified atom stereocenters. The quantitative estimate of drug-likeness (QED) is 0.706. The van der Waals surface area contributed by atoms with Gasteiger partial charge < -0.3 is 14.4 Å². The Labute approximate surface area is 156 Å². The normalized spacial score (nSPS) is 15.0. The Morgan fingerprint density at radius 3 is 2.56 bits per heavy atom. The minimum absolute atomic E-state index is 0.0364. The van der Waals surface area contributed by atoms with E-state index in [9.17, 15) is 13.2 Å². The zero-order chi connectivity index (χ0) is 19.4. The van der Waals surface area contributed by atoms with Gasteiger partial charge in [-0.15, -0.1) is 0 Å². The Morgan fingerprint density at radius 2 is 1.89 bits per heavy atom. The molecule has 0 atom stereocenters. The second-order valence-electron chi connectivity index (χ2n) is 6.37. The van der Waals surface area contributed by atoms with E-state index in [0.29, 0.717) is 18.0 Å². The highest BCUT2D eigenvalue weighted by Crippen LogP contribution is 2.40. The van der Waals surface area contributed by atoms with E-state index in [-0.39, 0.29) is 17.9 Å². The fourth-order valence-corrected chi connectivity index (χ4v) is 3.15. The predicted octanol–water partition coefficient (Wildman–Crippen LogP) is 4.98. The Hall–Kier alpha value is -2.51. The van der Waals surface area contributed by atoms with Crippen LogP contribution in [0.5, 0.6) is 11.8 Å². The molecular formula is C19H22F3N3O2. The summed E-state index contributed by atoms with van der Waals surface area (Å²) >= 11 is 0. The second-order valence-corrected chi connectivity index (χ2v) is 6.37. The number of hydrogen-bond donors (Lipinski definition) is 0. The Bertz CT molecular complexity index is 777. The summed E-state index contributed by atoms with van der Waals surface area (Å²) in [6, 6.07) is 6.86. The lowest BCUT2D eigenvalue weighted by molar-refractivity contribution is -0.137. The van der Waals surface area contributed by atoms with Crippen molar-refractivity contribution < 1.29 is 22.6 Å². The van der Waals surface area contributed by atoms with E-state index in [2.05, 4.69) is 9.97 Å². The number of ether oxygens (including phenoxy) is 2. The second kappa shape index (κ2) is 8.02. The molecule has 0 saturated heterocycles. The molecule has 2 aromatic rings. The molecule has 0 amide bonds. The van der Waals surface area contributed by atoms with Crippen LogP contribution in [-0.2, 0) is 6.18 Å².